The zero-order valence-corrected chi connectivity index (χ0v) is 27.6. The summed E-state index contributed by atoms with van der Waals surface area (Å²) in [4.78, 5) is 36.4. The molecule has 1 aliphatic rings. The van der Waals surface area contributed by atoms with Gasteiger partial charge in [-0.15, -0.1) is 0 Å². The number of nitrogens with one attached hydrogen (secondary N) is 1. The van der Waals surface area contributed by atoms with E-state index in [9.17, 15) is 14.7 Å². The summed E-state index contributed by atoms with van der Waals surface area (Å²) in [6, 6.07) is 13.4. The van der Waals surface area contributed by atoms with E-state index < -0.39 is 17.3 Å². The zero-order valence-electron chi connectivity index (χ0n) is 26.9. The first-order valence-corrected chi connectivity index (χ1v) is 15.9. The van der Waals surface area contributed by atoms with Crippen LogP contribution in [0.2, 0.25) is 5.02 Å². The molecule has 0 spiro atoms. The van der Waals surface area contributed by atoms with E-state index in [4.69, 9.17) is 20.8 Å². The monoisotopic (exact) mass is 659 g/mol. The Labute approximate surface area is 277 Å². The second kappa shape index (κ2) is 12.9. The first kappa shape index (κ1) is 32.4. The van der Waals surface area contributed by atoms with Gasteiger partial charge in [-0.3, -0.25) is 18.9 Å². The molecule has 0 radical (unpaired) electrons. The lowest BCUT2D eigenvalue weighted by Crippen LogP contribution is -2.47. The number of fused-ring (bicyclic) bond motifs is 1. The average molecular weight is 660 g/mol. The highest BCUT2D eigenvalue weighted by Crippen LogP contribution is 2.30. The molecule has 0 bridgehead atoms. The van der Waals surface area contributed by atoms with Crippen molar-refractivity contribution in [3.05, 3.63) is 87.9 Å². The Balaban J connectivity index is 1.10. The molecule has 2 aromatic carbocycles. The third-order valence-electron chi connectivity index (χ3n) is 8.29. The molecule has 246 valence electrons. The van der Waals surface area contributed by atoms with Crippen LogP contribution in [0, 0.1) is 0 Å². The molecule has 4 heterocycles. The number of hydrogen-bond acceptors (Lipinski definition) is 9. The molecule has 1 amide bonds. The van der Waals surface area contributed by atoms with Crippen molar-refractivity contribution in [2.45, 2.75) is 64.4 Å². The van der Waals surface area contributed by atoms with Crippen LogP contribution in [0.4, 0.5) is 4.79 Å². The Kier molecular flexibility index (Phi) is 8.93. The molecule has 0 unspecified atom stereocenters. The summed E-state index contributed by atoms with van der Waals surface area (Å²) in [5.74, 6) is 0.659. The van der Waals surface area contributed by atoms with Crippen molar-refractivity contribution in [3.63, 3.8) is 0 Å². The summed E-state index contributed by atoms with van der Waals surface area (Å²) in [5, 5.41) is 19.4. The van der Waals surface area contributed by atoms with Crippen LogP contribution in [0.25, 0.3) is 33.6 Å². The van der Waals surface area contributed by atoms with Gasteiger partial charge in [0, 0.05) is 49.4 Å². The van der Waals surface area contributed by atoms with Gasteiger partial charge < -0.3 is 19.6 Å². The number of aromatic nitrogens is 5. The number of amides is 1. The maximum absolute atomic E-state index is 13.5. The van der Waals surface area contributed by atoms with Gasteiger partial charge in [-0.25, -0.2) is 14.8 Å². The lowest BCUT2D eigenvalue weighted by Gasteiger charge is -2.38. The number of likely N-dealkylation sites (tertiary alicyclic amines) is 1. The molecule has 1 aliphatic heterocycles. The molecule has 1 fully saturated rings. The molecule has 6 rings (SSSR count). The topological polar surface area (TPSA) is 141 Å². The van der Waals surface area contributed by atoms with E-state index in [-0.39, 0.29) is 17.6 Å². The SMILES string of the molecule is Cn1nc2c(=O)n(CC3(O)CCN(Cc4ccc(-c5cnco5)cc4Cl)CC3)cnc2c1-c1ccc(CNC(=O)OC(C)(C)C)cc1. The van der Waals surface area contributed by atoms with Gasteiger partial charge in [0.2, 0.25) is 0 Å². The van der Waals surface area contributed by atoms with Gasteiger partial charge >= 0.3 is 6.09 Å². The Hall–Kier alpha value is -4.52. The third-order valence-corrected chi connectivity index (χ3v) is 8.64. The summed E-state index contributed by atoms with van der Waals surface area (Å²) in [6.45, 7) is 7.84. The van der Waals surface area contributed by atoms with Gasteiger partial charge in [-0.2, -0.15) is 5.10 Å². The van der Waals surface area contributed by atoms with Crippen molar-refractivity contribution < 1.29 is 19.1 Å². The fraction of sp³-hybridized carbons (Fsp3) is 0.382. The maximum Gasteiger partial charge on any atom is 0.407 e. The number of carbonyl (C=O) groups excluding carboxylic acids is 1. The first-order valence-electron chi connectivity index (χ1n) is 15.5. The van der Waals surface area contributed by atoms with E-state index in [1.807, 2.05) is 63.2 Å². The molecule has 0 atom stereocenters. The van der Waals surface area contributed by atoms with Crippen molar-refractivity contribution >= 4 is 28.7 Å². The molecular weight excluding hydrogens is 622 g/mol. The molecule has 47 heavy (non-hydrogen) atoms. The van der Waals surface area contributed by atoms with Gasteiger partial charge in [0.25, 0.3) is 5.56 Å². The second-order valence-electron chi connectivity index (χ2n) is 13.1. The number of ether oxygens (including phenoxy) is 1. The Morgan fingerprint density at radius 1 is 1.11 bits per heavy atom. The standard InChI is InChI=1S/C34H38ClN7O5/c1-33(2,3)47-32(44)37-16-22-5-7-23(8-6-22)30-28-29(39-40(30)4)31(43)42(20-38-28)19-34(45)11-13-41(14-12-34)18-25-10-9-24(15-26(25)35)27-17-36-21-46-27/h5-10,15,17,20-21,45H,11-14,16,18-19H2,1-4H3,(H,37,44). The summed E-state index contributed by atoms with van der Waals surface area (Å²) < 4.78 is 13.8. The molecule has 3 aromatic heterocycles. The van der Waals surface area contributed by atoms with Gasteiger partial charge in [0.15, 0.2) is 17.7 Å². The van der Waals surface area contributed by atoms with Crippen LogP contribution < -0.4 is 10.9 Å². The predicted molar refractivity (Wildman–Crippen MR) is 178 cm³/mol. The number of carbonyl (C=O) groups is 1. The quantitative estimate of drug-likeness (QED) is 0.231. The molecule has 13 heteroatoms. The number of hydrogen-bond donors (Lipinski definition) is 2. The fourth-order valence-corrected chi connectivity index (χ4v) is 6.07. The molecule has 2 N–H and O–H groups in total. The van der Waals surface area contributed by atoms with Crippen LogP contribution >= 0.6 is 11.6 Å². The van der Waals surface area contributed by atoms with E-state index in [1.54, 1.807) is 17.9 Å². The summed E-state index contributed by atoms with van der Waals surface area (Å²) in [5.41, 5.74) is 3.08. The number of piperidine rings is 1. The minimum absolute atomic E-state index is 0.125. The Morgan fingerprint density at radius 3 is 2.49 bits per heavy atom. The minimum Gasteiger partial charge on any atom is -0.444 e. The van der Waals surface area contributed by atoms with E-state index >= 15 is 0 Å². The number of oxazole rings is 1. The predicted octanol–water partition coefficient (Wildman–Crippen LogP) is 5.16. The normalized spacial score (nSPS) is 15.2. The third kappa shape index (κ3) is 7.40. The van der Waals surface area contributed by atoms with Gasteiger partial charge in [0.1, 0.15) is 11.1 Å². The summed E-state index contributed by atoms with van der Waals surface area (Å²) in [6.07, 6.45) is 5.04. The van der Waals surface area contributed by atoms with E-state index in [0.29, 0.717) is 61.0 Å². The fourth-order valence-electron chi connectivity index (χ4n) is 5.83. The number of benzene rings is 2. The number of aliphatic hydroxyl groups is 1. The van der Waals surface area contributed by atoms with Crippen LogP contribution in [-0.2, 0) is 31.4 Å². The smallest absolute Gasteiger partial charge is 0.407 e. The molecule has 0 aliphatic carbocycles. The van der Waals surface area contributed by atoms with Crippen molar-refractivity contribution in [3.8, 4) is 22.6 Å². The van der Waals surface area contributed by atoms with Gasteiger partial charge in [-0.05, 0) is 50.8 Å². The number of alkyl carbamates (subject to hydrolysis) is 1. The minimum atomic E-state index is -1.06. The lowest BCUT2D eigenvalue weighted by molar-refractivity contribution is -0.0364. The average Bonchev–Trinajstić information content (AvgIpc) is 3.68. The molecule has 0 saturated carbocycles. The molecule has 12 nitrogen and oxygen atoms in total. The highest BCUT2D eigenvalue weighted by atomic mass is 35.5. The van der Waals surface area contributed by atoms with Gasteiger partial charge in [0.05, 0.1) is 30.4 Å². The first-order chi connectivity index (χ1) is 22.4. The lowest BCUT2D eigenvalue weighted by atomic mass is 9.91. The van der Waals surface area contributed by atoms with Crippen LogP contribution in [0.15, 0.2) is 70.6 Å². The van der Waals surface area contributed by atoms with E-state index in [1.165, 1.54) is 17.3 Å². The molecule has 5 aromatic rings. The highest BCUT2D eigenvalue weighted by Gasteiger charge is 2.34. The summed E-state index contributed by atoms with van der Waals surface area (Å²) >= 11 is 6.58. The second-order valence-corrected chi connectivity index (χ2v) is 13.5. The van der Waals surface area contributed by atoms with Crippen LogP contribution in [0.5, 0.6) is 0 Å². The number of nitrogens with zero attached hydrogens (tertiary/aromatic N) is 6. The molecular formula is C34H38ClN7O5. The van der Waals surface area contributed by atoms with Crippen molar-refractivity contribution in [2.75, 3.05) is 13.1 Å². The molecule has 1 saturated heterocycles. The zero-order chi connectivity index (χ0) is 33.3. The van der Waals surface area contributed by atoms with Crippen molar-refractivity contribution in [2.24, 2.45) is 7.05 Å². The van der Waals surface area contributed by atoms with Crippen LogP contribution in [0.1, 0.15) is 44.7 Å². The number of aryl methyl sites for hydroxylation is 1. The summed E-state index contributed by atoms with van der Waals surface area (Å²) in [7, 11) is 1.77. The largest absolute Gasteiger partial charge is 0.444 e. The maximum atomic E-state index is 13.5. The number of rotatable bonds is 8. The van der Waals surface area contributed by atoms with Crippen molar-refractivity contribution in [1.29, 1.82) is 0 Å². The van der Waals surface area contributed by atoms with Crippen molar-refractivity contribution in [1.82, 2.24) is 34.5 Å². The van der Waals surface area contributed by atoms with Crippen LogP contribution in [0.3, 0.4) is 0 Å². The van der Waals surface area contributed by atoms with E-state index in [2.05, 4.69) is 25.3 Å². The number of halogens is 1. The Morgan fingerprint density at radius 2 is 1.83 bits per heavy atom. The Bertz CT molecular complexity index is 1940. The van der Waals surface area contributed by atoms with Gasteiger partial charge in [-0.1, -0.05) is 48.0 Å². The highest BCUT2D eigenvalue weighted by molar-refractivity contribution is 6.31. The van der Waals surface area contributed by atoms with E-state index in [0.717, 1.165) is 22.3 Å². The van der Waals surface area contributed by atoms with Crippen LogP contribution in [-0.4, -0.2) is 64.7 Å².